The molecule has 5 atom stereocenters. The van der Waals surface area contributed by atoms with Crippen LogP contribution in [0.4, 0.5) is 0 Å². The number of ether oxygens (including phenoxy) is 3. The van der Waals surface area contributed by atoms with Crippen molar-refractivity contribution in [2.45, 2.75) is 135 Å². The Bertz CT molecular complexity index is 1070. The summed E-state index contributed by atoms with van der Waals surface area (Å²) in [5.74, 6) is 0.350. The second-order valence-corrected chi connectivity index (χ2v) is 14.1. The predicted molar refractivity (Wildman–Crippen MR) is 179 cm³/mol. The lowest BCUT2D eigenvalue weighted by Gasteiger charge is -2.36. The van der Waals surface area contributed by atoms with Gasteiger partial charge in [0.05, 0.1) is 30.1 Å². The molecular formula is C37H59N3O6. The van der Waals surface area contributed by atoms with Gasteiger partial charge in [-0.3, -0.25) is 19.7 Å². The molecule has 9 heteroatoms. The van der Waals surface area contributed by atoms with Gasteiger partial charge in [0.1, 0.15) is 12.9 Å². The minimum Gasteiger partial charge on any atom is -0.460 e. The summed E-state index contributed by atoms with van der Waals surface area (Å²) in [6, 6.07) is 8.71. The van der Waals surface area contributed by atoms with E-state index in [2.05, 4.69) is 31.4 Å². The third kappa shape index (κ3) is 10.8. The number of esters is 1. The number of carbonyl (C=O) groups excluding carboxylic acids is 3. The van der Waals surface area contributed by atoms with Gasteiger partial charge in [-0.25, -0.2) is 0 Å². The van der Waals surface area contributed by atoms with Crippen LogP contribution in [0, 0.1) is 17.8 Å². The van der Waals surface area contributed by atoms with Crippen molar-refractivity contribution >= 4 is 17.8 Å². The van der Waals surface area contributed by atoms with Gasteiger partial charge in [-0.05, 0) is 55.9 Å². The van der Waals surface area contributed by atoms with Crippen LogP contribution >= 0.6 is 0 Å². The highest BCUT2D eigenvalue weighted by molar-refractivity contribution is 5.86. The van der Waals surface area contributed by atoms with E-state index in [0.29, 0.717) is 38.3 Å². The molecule has 3 fully saturated rings. The van der Waals surface area contributed by atoms with Crippen molar-refractivity contribution in [3.05, 3.63) is 35.9 Å². The summed E-state index contributed by atoms with van der Waals surface area (Å²) in [4.78, 5) is 43.0. The maximum Gasteiger partial charge on any atom is 0.309 e. The van der Waals surface area contributed by atoms with E-state index in [1.807, 2.05) is 35.2 Å². The number of piperidine rings is 1. The molecule has 46 heavy (non-hydrogen) atoms. The van der Waals surface area contributed by atoms with Crippen LogP contribution in [-0.2, 0) is 35.0 Å². The first-order valence-electron chi connectivity index (χ1n) is 18.0. The topological polar surface area (TPSA) is 106 Å². The van der Waals surface area contributed by atoms with Crippen LogP contribution in [0.5, 0.6) is 0 Å². The number of nitrogens with zero attached hydrogens (tertiary/aromatic N) is 1. The Kier molecular flexibility index (Phi) is 14.8. The number of likely N-dealkylation sites (tertiary alicyclic amines) is 1. The molecule has 258 valence electrons. The third-order valence-corrected chi connectivity index (χ3v) is 10.3. The molecule has 1 aromatic rings. The number of hydrogen-bond acceptors (Lipinski definition) is 7. The minimum absolute atomic E-state index is 0.0200. The maximum atomic E-state index is 14.2. The number of nitrogens with one attached hydrogen (secondary N) is 2. The van der Waals surface area contributed by atoms with Crippen LogP contribution in [0.25, 0.3) is 0 Å². The number of hydrogen-bond donors (Lipinski definition) is 2. The van der Waals surface area contributed by atoms with E-state index < -0.39 is 12.1 Å². The number of benzene rings is 1. The third-order valence-electron chi connectivity index (χ3n) is 10.3. The Morgan fingerprint density at radius 1 is 1.02 bits per heavy atom. The maximum absolute atomic E-state index is 14.2. The van der Waals surface area contributed by atoms with Gasteiger partial charge >= 0.3 is 5.97 Å². The van der Waals surface area contributed by atoms with E-state index in [4.69, 9.17) is 14.2 Å². The normalized spacial score (nSPS) is 23.2. The van der Waals surface area contributed by atoms with Crippen LogP contribution in [-0.4, -0.2) is 80.0 Å². The van der Waals surface area contributed by atoms with Crippen LogP contribution < -0.4 is 10.6 Å². The lowest BCUT2D eigenvalue weighted by molar-refractivity contribution is -0.147. The first-order chi connectivity index (χ1) is 22.3. The Hall–Kier alpha value is -2.49. The first kappa shape index (κ1) is 36.3. The summed E-state index contributed by atoms with van der Waals surface area (Å²) in [7, 11) is 1.62. The van der Waals surface area contributed by atoms with Gasteiger partial charge in [-0.1, -0.05) is 96.0 Å². The SMILES string of the molecule is CCCC[C@H](N[C@@H](Cc1ccccc1)C(=O)N1CCC(OCOC)CC1)C(=O)N[C@@H](CC1CCCCC1)[C@@H]1C[C@@H](C(C)C)C(=O)O1. The number of methoxy groups -OCH3 is 1. The van der Waals surface area contributed by atoms with E-state index >= 15 is 0 Å². The molecule has 0 aromatic heterocycles. The molecule has 1 saturated carbocycles. The van der Waals surface area contributed by atoms with Gasteiger partial charge in [-0.2, -0.15) is 0 Å². The second kappa shape index (κ2) is 18.7. The van der Waals surface area contributed by atoms with Crippen LogP contribution in [0.3, 0.4) is 0 Å². The van der Waals surface area contributed by atoms with E-state index in [1.54, 1.807) is 7.11 Å². The fourth-order valence-electron chi connectivity index (χ4n) is 7.43. The van der Waals surface area contributed by atoms with Gasteiger partial charge < -0.3 is 24.4 Å². The largest absolute Gasteiger partial charge is 0.460 e. The zero-order valence-corrected chi connectivity index (χ0v) is 28.7. The van der Waals surface area contributed by atoms with Gasteiger partial charge in [-0.15, -0.1) is 0 Å². The summed E-state index contributed by atoms with van der Waals surface area (Å²) in [6.45, 7) is 7.72. The zero-order chi connectivity index (χ0) is 32.9. The minimum atomic E-state index is -0.544. The van der Waals surface area contributed by atoms with E-state index in [-0.39, 0.29) is 54.7 Å². The van der Waals surface area contributed by atoms with Crippen molar-refractivity contribution in [2.75, 3.05) is 27.0 Å². The Morgan fingerprint density at radius 2 is 1.74 bits per heavy atom. The quantitative estimate of drug-likeness (QED) is 0.173. The summed E-state index contributed by atoms with van der Waals surface area (Å²) < 4.78 is 16.8. The van der Waals surface area contributed by atoms with Crippen LogP contribution in [0.2, 0.25) is 0 Å². The Balaban J connectivity index is 1.50. The molecule has 2 N–H and O–H groups in total. The van der Waals surface area contributed by atoms with Crippen LogP contribution in [0.1, 0.15) is 103 Å². The van der Waals surface area contributed by atoms with E-state index in [1.165, 1.54) is 19.3 Å². The monoisotopic (exact) mass is 641 g/mol. The van der Waals surface area contributed by atoms with Gasteiger partial charge in [0.25, 0.3) is 0 Å². The fraction of sp³-hybridized carbons (Fsp3) is 0.757. The highest BCUT2D eigenvalue weighted by Gasteiger charge is 2.42. The average Bonchev–Trinajstić information content (AvgIpc) is 3.47. The van der Waals surface area contributed by atoms with E-state index in [0.717, 1.165) is 50.5 Å². The lowest BCUT2D eigenvalue weighted by atomic mass is 9.82. The molecule has 2 saturated heterocycles. The van der Waals surface area contributed by atoms with Crippen molar-refractivity contribution in [3.8, 4) is 0 Å². The molecule has 2 heterocycles. The zero-order valence-electron chi connectivity index (χ0n) is 28.7. The van der Waals surface area contributed by atoms with Crippen molar-refractivity contribution in [2.24, 2.45) is 17.8 Å². The summed E-state index contributed by atoms with van der Waals surface area (Å²) in [5, 5.41) is 6.93. The number of cyclic esters (lactones) is 1. The van der Waals surface area contributed by atoms with Crippen molar-refractivity contribution < 1.29 is 28.6 Å². The van der Waals surface area contributed by atoms with Crippen molar-refractivity contribution in [1.29, 1.82) is 0 Å². The average molecular weight is 642 g/mol. The molecule has 9 nitrogen and oxygen atoms in total. The Labute approximate surface area is 276 Å². The summed E-state index contributed by atoms with van der Waals surface area (Å²) >= 11 is 0. The molecule has 1 aliphatic carbocycles. The van der Waals surface area contributed by atoms with Gasteiger partial charge in [0.2, 0.25) is 11.8 Å². The number of rotatable bonds is 17. The smallest absolute Gasteiger partial charge is 0.309 e. The van der Waals surface area contributed by atoms with Crippen LogP contribution in [0.15, 0.2) is 30.3 Å². The molecular weight excluding hydrogens is 582 g/mol. The number of amides is 2. The number of carbonyl (C=O) groups is 3. The second-order valence-electron chi connectivity index (χ2n) is 14.1. The van der Waals surface area contributed by atoms with Gasteiger partial charge in [0, 0.05) is 20.2 Å². The molecule has 0 spiro atoms. The van der Waals surface area contributed by atoms with Crippen molar-refractivity contribution in [3.63, 3.8) is 0 Å². The predicted octanol–water partition coefficient (Wildman–Crippen LogP) is 5.40. The standard InChI is InChI=1S/C37H59N3O6/c1-5-6-17-31(35(41)39-32(22-27-13-9-7-10-14-27)34-24-30(26(2)3)37(43)46-34)38-33(23-28-15-11-8-12-16-28)36(42)40-20-18-29(19-21-40)45-25-44-4/h8,11-12,15-16,26-27,29-34,38H,5-7,9-10,13-14,17-25H2,1-4H3,(H,39,41)/t30-,31-,32-,33-,34-/m0/s1. The molecule has 0 bridgehead atoms. The highest BCUT2D eigenvalue weighted by atomic mass is 16.7. The molecule has 2 amide bonds. The highest BCUT2D eigenvalue weighted by Crippen LogP contribution is 2.34. The molecule has 0 unspecified atom stereocenters. The summed E-state index contributed by atoms with van der Waals surface area (Å²) in [5.41, 5.74) is 1.05. The summed E-state index contributed by atoms with van der Waals surface area (Å²) in [6.07, 6.45) is 11.7. The fourth-order valence-corrected chi connectivity index (χ4v) is 7.43. The van der Waals surface area contributed by atoms with E-state index in [9.17, 15) is 14.4 Å². The number of unbranched alkanes of at least 4 members (excludes halogenated alkanes) is 1. The lowest BCUT2D eigenvalue weighted by Crippen LogP contribution is -2.58. The van der Waals surface area contributed by atoms with Crippen molar-refractivity contribution in [1.82, 2.24) is 15.5 Å². The molecule has 4 rings (SSSR count). The first-order valence-corrected chi connectivity index (χ1v) is 18.0. The molecule has 1 aromatic carbocycles. The molecule has 2 aliphatic heterocycles. The molecule has 3 aliphatic rings. The molecule has 0 radical (unpaired) electrons. The van der Waals surface area contributed by atoms with Gasteiger partial charge in [0.15, 0.2) is 0 Å². The Morgan fingerprint density at radius 3 is 2.37 bits per heavy atom.